The highest BCUT2D eigenvalue weighted by Gasteiger charge is 2.20. The minimum atomic E-state index is -0.661. The monoisotopic (exact) mass is 886 g/mol. The fraction of sp³-hybridized carbons (Fsp3) is 0.915. The zero-order valence-electron chi connectivity index (χ0n) is 43.1. The zero-order valence-corrected chi connectivity index (χ0v) is 43.1. The molecule has 0 aromatic rings. The van der Waals surface area contributed by atoms with E-state index in [1.165, 1.54) is 270 Å². The molecule has 4 nitrogen and oxygen atoms in total. The Kier molecular flexibility index (Phi) is 54.2. The number of hydrogen-bond donors (Lipinski definition) is 3. The van der Waals surface area contributed by atoms with Crippen molar-refractivity contribution < 1.29 is 15.0 Å². The lowest BCUT2D eigenvalue weighted by atomic mass is 10.0. The lowest BCUT2D eigenvalue weighted by Gasteiger charge is -2.22. The van der Waals surface area contributed by atoms with Crippen LogP contribution in [0.2, 0.25) is 0 Å². The van der Waals surface area contributed by atoms with Gasteiger partial charge in [0.25, 0.3) is 0 Å². The van der Waals surface area contributed by atoms with Crippen LogP contribution in [0.1, 0.15) is 328 Å². The molecule has 0 heterocycles. The molecular formula is C59H115NO3. The molecule has 0 fully saturated rings. The molecule has 0 aliphatic carbocycles. The molecule has 0 saturated heterocycles. The van der Waals surface area contributed by atoms with E-state index in [1.807, 2.05) is 0 Å². The van der Waals surface area contributed by atoms with E-state index >= 15 is 0 Å². The van der Waals surface area contributed by atoms with Crippen LogP contribution in [-0.4, -0.2) is 34.9 Å². The van der Waals surface area contributed by atoms with Gasteiger partial charge < -0.3 is 15.5 Å². The number of nitrogens with one attached hydrogen (secondary N) is 1. The highest BCUT2D eigenvalue weighted by molar-refractivity contribution is 5.76. The van der Waals surface area contributed by atoms with Crippen LogP contribution in [0.25, 0.3) is 0 Å². The van der Waals surface area contributed by atoms with Gasteiger partial charge in [-0.05, 0) is 44.9 Å². The Balaban J connectivity index is 3.42. The Labute approximate surface area is 396 Å². The predicted molar refractivity (Wildman–Crippen MR) is 281 cm³/mol. The Bertz CT molecular complexity index is 916. The van der Waals surface area contributed by atoms with Gasteiger partial charge in [0, 0.05) is 6.42 Å². The molecule has 2 unspecified atom stereocenters. The van der Waals surface area contributed by atoms with Crippen molar-refractivity contribution in [2.75, 3.05) is 6.61 Å². The number of carbonyl (C=O) groups is 1. The topological polar surface area (TPSA) is 69.6 Å². The average molecular weight is 887 g/mol. The van der Waals surface area contributed by atoms with Gasteiger partial charge in [0.15, 0.2) is 0 Å². The first-order valence-electron chi connectivity index (χ1n) is 29.0. The van der Waals surface area contributed by atoms with Gasteiger partial charge in [0.1, 0.15) is 0 Å². The second-order valence-electron chi connectivity index (χ2n) is 20.1. The van der Waals surface area contributed by atoms with E-state index < -0.39 is 12.1 Å². The summed E-state index contributed by atoms with van der Waals surface area (Å²) in [5, 5.41) is 23.4. The number of aliphatic hydroxyl groups excluding tert-OH is 2. The van der Waals surface area contributed by atoms with Crippen LogP contribution in [-0.2, 0) is 4.79 Å². The zero-order chi connectivity index (χ0) is 45.6. The molecule has 63 heavy (non-hydrogen) atoms. The van der Waals surface area contributed by atoms with Gasteiger partial charge in [0.05, 0.1) is 18.8 Å². The van der Waals surface area contributed by atoms with Crippen molar-refractivity contribution in [1.82, 2.24) is 5.32 Å². The van der Waals surface area contributed by atoms with Crippen molar-refractivity contribution in [1.29, 1.82) is 0 Å². The number of amides is 1. The maximum absolute atomic E-state index is 12.5. The summed E-state index contributed by atoms with van der Waals surface area (Å²) < 4.78 is 0. The summed E-state index contributed by atoms with van der Waals surface area (Å²) in [6.45, 7) is 4.38. The molecule has 0 bridgehead atoms. The van der Waals surface area contributed by atoms with E-state index in [1.54, 1.807) is 0 Å². The molecular weight excluding hydrogens is 771 g/mol. The van der Waals surface area contributed by atoms with Gasteiger partial charge in [-0.1, -0.05) is 301 Å². The highest BCUT2D eigenvalue weighted by atomic mass is 16.3. The van der Waals surface area contributed by atoms with Crippen molar-refractivity contribution >= 4 is 5.91 Å². The standard InChI is InChI=1S/C59H115NO3/c1-3-5-7-9-11-13-15-17-19-21-23-25-26-27-28-29-30-31-32-33-35-36-38-40-42-44-46-48-50-52-54-58(62)57(56-61)60-59(63)55-53-51-49-47-45-43-41-39-37-34-24-22-20-18-16-14-12-10-8-6-4-2/h16,18,22,24,57-58,61-62H,3-15,17,19-21,23,25-56H2,1-2H3,(H,60,63)/b18-16-,24-22-. The number of rotatable bonds is 54. The normalized spacial score (nSPS) is 12.9. The van der Waals surface area contributed by atoms with Gasteiger partial charge in [-0.3, -0.25) is 4.79 Å². The molecule has 0 saturated carbocycles. The predicted octanol–water partition coefficient (Wildman–Crippen LogP) is 19.1. The van der Waals surface area contributed by atoms with Crippen LogP contribution in [0.15, 0.2) is 24.3 Å². The number of unbranched alkanes of at least 4 members (excludes halogenated alkanes) is 43. The molecule has 0 radical (unpaired) electrons. The number of carbonyl (C=O) groups excluding carboxylic acids is 1. The summed E-state index contributed by atoms with van der Waals surface area (Å²) >= 11 is 0. The molecule has 1 amide bonds. The molecule has 0 aromatic carbocycles. The van der Waals surface area contributed by atoms with Crippen molar-refractivity contribution in [2.24, 2.45) is 0 Å². The van der Waals surface area contributed by atoms with Gasteiger partial charge in [0.2, 0.25) is 5.91 Å². The van der Waals surface area contributed by atoms with Crippen molar-refractivity contribution in [3.8, 4) is 0 Å². The highest BCUT2D eigenvalue weighted by Crippen LogP contribution is 2.18. The summed E-state index contributed by atoms with van der Waals surface area (Å²) in [6.07, 6.45) is 73.2. The first-order valence-corrected chi connectivity index (χ1v) is 29.0. The van der Waals surface area contributed by atoms with E-state index in [9.17, 15) is 15.0 Å². The molecule has 0 aliphatic rings. The third-order valence-corrected chi connectivity index (χ3v) is 13.7. The Morgan fingerprint density at radius 3 is 0.952 bits per heavy atom. The smallest absolute Gasteiger partial charge is 0.220 e. The van der Waals surface area contributed by atoms with Crippen LogP contribution in [0.3, 0.4) is 0 Å². The van der Waals surface area contributed by atoms with E-state index in [0.717, 1.165) is 32.1 Å². The fourth-order valence-electron chi connectivity index (χ4n) is 9.28. The van der Waals surface area contributed by atoms with E-state index in [2.05, 4.69) is 43.5 Å². The van der Waals surface area contributed by atoms with Crippen LogP contribution in [0.4, 0.5) is 0 Å². The van der Waals surface area contributed by atoms with Gasteiger partial charge in [-0.15, -0.1) is 0 Å². The second kappa shape index (κ2) is 55.2. The molecule has 0 aliphatic heterocycles. The Morgan fingerprint density at radius 2 is 0.651 bits per heavy atom. The van der Waals surface area contributed by atoms with Crippen LogP contribution < -0.4 is 5.32 Å². The minimum Gasteiger partial charge on any atom is -0.394 e. The Morgan fingerprint density at radius 1 is 0.381 bits per heavy atom. The van der Waals surface area contributed by atoms with E-state index in [4.69, 9.17) is 0 Å². The summed E-state index contributed by atoms with van der Waals surface area (Å²) in [4.78, 5) is 12.5. The van der Waals surface area contributed by atoms with E-state index in [0.29, 0.717) is 12.8 Å². The molecule has 374 valence electrons. The Hall–Kier alpha value is -1.13. The third-order valence-electron chi connectivity index (χ3n) is 13.7. The van der Waals surface area contributed by atoms with Gasteiger partial charge in [-0.25, -0.2) is 0 Å². The molecule has 4 heteroatoms. The fourth-order valence-corrected chi connectivity index (χ4v) is 9.28. The molecule has 3 N–H and O–H groups in total. The lowest BCUT2D eigenvalue weighted by Crippen LogP contribution is -2.45. The first-order chi connectivity index (χ1) is 31.2. The van der Waals surface area contributed by atoms with Crippen LogP contribution in [0, 0.1) is 0 Å². The maximum Gasteiger partial charge on any atom is 0.220 e. The van der Waals surface area contributed by atoms with Crippen molar-refractivity contribution in [3.63, 3.8) is 0 Å². The largest absolute Gasteiger partial charge is 0.394 e. The molecule has 0 rings (SSSR count). The summed E-state index contributed by atoms with van der Waals surface area (Å²) in [5.41, 5.74) is 0. The summed E-state index contributed by atoms with van der Waals surface area (Å²) in [5.74, 6) is -0.0308. The number of aliphatic hydroxyl groups is 2. The minimum absolute atomic E-state index is 0.0308. The average Bonchev–Trinajstić information content (AvgIpc) is 3.29. The quantitative estimate of drug-likeness (QED) is 0.0421. The van der Waals surface area contributed by atoms with Crippen LogP contribution in [0.5, 0.6) is 0 Å². The summed E-state index contributed by atoms with van der Waals surface area (Å²) in [6, 6.07) is -0.539. The number of allylic oxidation sites excluding steroid dienone is 4. The molecule has 0 spiro atoms. The SMILES string of the molecule is CCCCCCC/C=C\C/C=C\CCCCCCCCCCCC(=O)NC(CO)C(O)CCCCCCCCCCCCCCCCCCCCCCCCCCCCCCCC. The van der Waals surface area contributed by atoms with Gasteiger partial charge >= 0.3 is 0 Å². The van der Waals surface area contributed by atoms with Crippen molar-refractivity contribution in [2.45, 2.75) is 341 Å². The first kappa shape index (κ1) is 61.9. The van der Waals surface area contributed by atoms with E-state index in [-0.39, 0.29) is 12.5 Å². The van der Waals surface area contributed by atoms with Gasteiger partial charge in [-0.2, -0.15) is 0 Å². The second-order valence-corrected chi connectivity index (χ2v) is 20.1. The van der Waals surface area contributed by atoms with Crippen LogP contribution >= 0.6 is 0 Å². The van der Waals surface area contributed by atoms with Crippen molar-refractivity contribution in [3.05, 3.63) is 24.3 Å². The summed E-state index contributed by atoms with van der Waals surface area (Å²) in [7, 11) is 0. The third kappa shape index (κ3) is 51.7. The lowest BCUT2D eigenvalue weighted by molar-refractivity contribution is -0.123. The maximum atomic E-state index is 12.5. The molecule has 2 atom stereocenters. The molecule has 0 aromatic heterocycles. The number of hydrogen-bond acceptors (Lipinski definition) is 3.